The molecular formula is C9H9ClN4O5S. The van der Waals surface area contributed by atoms with Crippen LogP contribution in [0.2, 0.25) is 5.15 Å². The van der Waals surface area contributed by atoms with Crippen LogP contribution in [-0.2, 0) is 14.8 Å². The lowest BCUT2D eigenvalue weighted by atomic mass is 10.3. The first-order chi connectivity index (χ1) is 9.21. The molecule has 2 N–H and O–H groups in total. The molecule has 2 heterocycles. The van der Waals surface area contributed by atoms with Crippen LogP contribution in [0.5, 0.6) is 0 Å². The number of amides is 1. The molecule has 1 aliphatic rings. The number of aromatic nitrogens is 1. The van der Waals surface area contributed by atoms with Crippen LogP contribution in [0.1, 0.15) is 6.42 Å². The molecule has 0 saturated carbocycles. The van der Waals surface area contributed by atoms with E-state index >= 15 is 0 Å². The summed E-state index contributed by atoms with van der Waals surface area (Å²) in [6.45, 7) is -0.251. The number of nitro groups is 1. The number of nitrogens with two attached hydrogens (primary N) is 1. The maximum atomic E-state index is 11.8. The van der Waals surface area contributed by atoms with E-state index < -0.39 is 31.8 Å². The van der Waals surface area contributed by atoms with Gasteiger partial charge in [-0.15, -0.1) is 0 Å². The fourth-order valence-electron chi connectivity index (χ4n) is 1.93. The van der Waals surface area contributed by atoms with Crippen LogP contribution in [0.4, 0.5) is 11.4 Å². The molecule has 1 aliphatic heterocycles. The highest BCUT2D eigenvalue weighted by molar-refractivity contribution is 7.89. The van der Waals surface area contributed by atoms with Gasteiger partial charge in [-0.1, -0.05) is 11.6 Å². The Balaban J connectivity index is 2.46. The first-order valence-corrected chi connectivity index (χ1v) is 7.31. The summed E-state index contributed by atoms with van der Waals surface area (Å²) in [5.74, 6) is -0.575. The Morgan fingerprint density at radius 2 is 2.20 bits per heavy atom. The molecule has 2 rings (SSSR count). The molecule has 0 spiro atoms. The predicted octanol–water partition coefficient (Wildman–Crippen LogP) is 0.0370. The summed E-state index contributed by atoms with van der Waals surface area (Å²) >= 11 is 5.64. The average Bonchev–Trinajstić information content (AvgIpc) is 2.70. The second-order valence-electron chi connectivity index (χ2n) is 4.15. The fraction of sp³-hybridized carbons (Fsp3) is 0.333. The standard InChI is InChI=1S/C9H9ClN4O5S/c10-9-8(14(16)17)6(1-2-12-9)13-4-5(3-7(13)15)20(11,18)19/h1-2,5H,3-4H2,(H2,11,18,19). The molecule has 0 bridgehead atoms. The number of carbonyl (C=O) groups excluding carboxylic acids is 1. The highest BCUT2D eigenvalue weighted by Gasteiger charge is 2.40. The van der Waals surface area contributed by atoms with Crippen LogP contribution in [0.3, 0.4) is 0 Å². The molecule has 1 fully saturated rings. The zero-order chi connectivity index (χ0) is 15.1. The summed E-state index contributed by atoms with van der Waals surface area (Å²) in [7, 11) is -3.90. The van der Waals surface area contributed by atoms with E-state index in [1.165, 1.54) is 12.3 Å². The van der Waals surface area contributed by atoms with Gasteiger partial charge in [-0.2, -0.15) is 0 Å². The van der Waals surface area contributed by atoms with Gasteiger partial charge in [0.25, 0.3) is 0 Å². The molecule has 1 aromatic heterocycles. The Morgan fingerprint density at radius 1 is 1.55 bits per heavy atom. The van der Waals surface area contributed by atoms with Crippen LogP contribution >= 0.6 is 11.6 Å². The zero-order valence-electron chi connectivity index (χ0n) is 9.89. The largest absolute Gasteiger partial charge is 0.329 e. The Kier molecular flexibility index (Phi) is 3.63. The number of halogens is 1. The molecule has 9 nitrogen and oxygen atoms in total. The molecule has 1 aromatic rings. The first kappa shape index (κ1) is 14.6. The molecule has 1 unspecified atom stereocenters. The van der Waals surface area contributed by atoms with E-state index in [-0.39, 0.29) is 23.8 Å². The lowest BCUT2D eigenvalue weighted by Crippen LogP contribution is -2.32. The number of hydrogen-bond donors (Lipinski definition) is 1. The third kappa shape index (κ3) is 2.57. The van der Waals surface area contributed by atoms with Crippen LogP contribution in [0, 0.1) is 10.1 Å². The van der Waals surface area contributed by atoms with E-state index in [0.29, 0.717) is 0 Å². The van der Waals surface area contributed by atoms with Crippen LogP contribution in [0.25, 0.3) is 0 Å². The van der Waals surface area contributed by atoms with E-state index in [9.17, 15) is 23.3 Å². The number of carbonyl (C=O) groups is 1. The fourth-order valence-corrected chi connectivity index (χ4v) is 2.89. The number of primary sulfonamides is 1. The van der Waals surface area contributed by atoms with Gasteiger partial charge in [0.2, 0.25) is 21.1 Å². The highest BCUT2D eigenvalue weighted by Crippen LogP contribution is 2.36. The molecule has 1 saturated heterocycles. The number of rotatable bonds is 3. The van der Waals surface area contributed by atoms with Gasteiger partial charge in [-0.25, -0.2) is 18.5 Å². The van der Waals surface area contributed by atoms with Gasteiger partial charge in [0, 0.05) is 19.2 Å². The lowest BCUT2D eigenvalue weighted by molar-refractivity contribution is -0.384. The maximum Gasteiger partial charge on any atom is 0.329 e. The molecular weight excluding hydrogens is 312 g/mol. The molecule has 0 radical (unpaired) electrons. The summed E-state index contributed by atoms with van der Waals surface area (Å²) in [6.07, 6.45) is 0.873. The minimum atomic E-state index is -3.90. The lowest BCUT2D eigenvalue weighted by Gasteiger charge is -2.16. The third-order valence-corrected chi connectivity index (χ3v) is 4.41. The number of anilines is 1. The molecule has 1 amide bonds. The zero-order valence-corrected chi connectivity index (χ0v) is 11.5. The Hall–Kier alpha value is -1.78. The highest BCUT2D eigenvalue weighted by atomic mass is 35.5. The van der Waals surface area contributed by atoms with Gasteiger partial charge < -0.3 is 4.90 Å². The quantitative estimate of drug-likeness (QED) is 0.474. The second-order valence-corrected chi connectivity index (χ2v) is 6.35. The van der Waals surface area contributed by atoms with Crippen molar-refractivity contribution in [1.82, 2.24) is 4.98 Å². The summed E-state index contributed by atoms with van der Waals surface area (Å²) in [6, 6.07) is 1.23. The summed E-state index contributed by atoms with van der Waals surface area (Å²) in [4.78, 5) is 26.6. The SMILES string of the molecule is NS(=O)(=O)C1CC(=O)N(c2ccnc(Cl)c2[N+](=O)[O-])C1. The second kappa shape index (κ2) is 4.96. The molecule has 0 aromatic carbocycles. The summed E-state index contributed by atoms with van der Waals surface area (Å²) in [5.41, 5.74) is -0.635. The van der Waals surface area contributed by atoms with Crippen molar-refractivity contribution < 1.29 is 18.1 Å². The van der Waals surface area contributed by atoms with E-state index in [0.717, 1.165) is 4.90 Å². The number of sulfonamides is 1. The summed E-state index contributed by atoms with van der Waals surface area (Å²) in [5, 5.41) is 14.5. The topological polar surface area (TPSA) is 136 Å². The van der Waals surface area contributed by atoms with Gasteiger partial charge in [0.05, 0.1) is 4.92 Å². The van der Waals surface area contributed by atoms with Crippen LogP contribution in [0.15, 0.2) is 12.3 Å². The molecule has 108 valence electrons. The Bertz CT molecular complexity index is 692. The van der Waals surface area contributed by atoms with Gasteiger partial charge in [0.15, 0.2) is 0 Å². The smallest absolute Gasteiger partial charge is 0.305 e. The van der Waals surface area contributed by atoms with Crippen molar-refractivity contribution in [2.75, 3.05) is 11.4 Å². The van der Waals surface area contributed by atoms with Gasteiger partial charge >= 0.3 is 5.69 Å². The van der Waals surface area contributed by atoms with Crippen molar-refractivity contribution in [2.24, 2.45) is 5.14 Å². The van der Waals surface area contributed by atoms with Gasteiger partial charge in [-0.05, 0) is 6.07 Å². The van der Waals surface area contributed by atoms with Gasteiger partial charge in [-0.3, -0.25) is 14.9 Å². The first-order valence-electron chi connectivity index (χ1n) is 5.32. The van der Waals surface area contributed by atoms with Crippen LogP contribution < -0.4 is 10.0 Å². The van der Waals surface area contributed by atoms with Gasteiger partial charge in [0.1, 0.15) is 10.9 Å². The van der Waals surface area contributed by atoms with E-state index in [4.69, 9.17) is 16.7 Å². The van der Waals surface area contributed by atoms with Crippen molar-refractivity contribution in [3.63, 3.8) is 0 Å². The van der Waals surface area contributed by atoms with Crippen molar-refractivity contribution in [3.05, 3.63) is 27.5 Å². The Labute approximate surface area is 118 Å². The Morgan fingerprint density at radius 3 is 2.70 bits per heavy atom. The maximum absolute atomic E-state index is 11.8. The minimum Gasteiger partial charge on any atom is -0.305 e. The third-order valence-electron chi connectivity index (χ3n) is 2.89. The van der Waals surface area contributed by atoms with E-state index in [1.54, 1.807) is 0 Å². The number of hydrogen-bond acceptors (Lipinski definition) is 6. The van der Waals surface area contributed by atoms with Crippen molar-refractivity contribution in [1.29, 1.82) is 0 Å². The number of pyridine rings is 1. The van der Waals surface area contributed by atoms with Crippen molar-refractivity contribution in [2.45, 2.75) is 11.7 Å². The minimum absolute atomic E-state index is 0.0915. The molecule has 20 heavy (non-hydrogen) atoms. The van der Waals surface area contributed by atoms with Crippen molar-refractivity contribution >= 4 is 38.9 Å². The average molecular weight is 321 g/mol. The molecule has 1 atom stereocenters. The monoisotopic (exact) mass is 320 g/mol. The van der Waals surface area contributed by atoms with E-state index in [2.05, 4.69) is 4.98 Å². The number of nitrogens with zero attached hydrogens (tertiary/aromatic N) is 3. The van der Waals surface area contributed by atoms with Crippen molar-refractivity contribution in [3.8, 4) is 0 Å². The predicted molar refractivity (Wildman–Crippen MR) is 69.8 cm³/mol. The van der Waals surface area contributed by atoms with Crippen LogP contribution in [-0.4, -0.2) is 36.0 Å². The van der Waals surface area contributed by atoms with E-state index in [1.807, 2.05) is 0 Å². The summed E-state index contributed by atoms with van der Waals surface area (Å²) < 4.78 is 22.5. The molecule has 11 heteroatoms. The normalized spacial score (nSPS) is 19.4. The molecule has 0 aliphatic carbocycles.